The second kappa shape index (κ2) is 9.17. The fourth-order valence-electron chi connectivity index (χ4n) is 2.27. The third kappa shape index (κ3) is 4.89. The van der Waals surface area contributed by atoms with Crippen LogP contribution in [0, 0.1) is 0 Å². The molecule has 2 rings (SSSR count). The molecule has 0 saturated carbocycles. The van der Waals surface area contributed by atoms with E-state index in [0.29, 0.717) is 30.9 Å². The predicted octanol–water partition coefficient (Wildman–Crippen LogP) is 3.34. The van der Waals surface area contributed by atoms with Crippen LogP contribution in [0.3, 0.4) is 0 Å². The van der Waals surface area contributed by atoms with Crippen molar-refractivity contribution in [1.82, 2.24) is 15.2 Å². The first-order valence-corrected chi connectivity index (χ1v) is 9.10. The Bertz CT molecular complexity index is 670. The Labute approximate surface area is 146 Å². The van der Waals surface area contributed by atoms with Crippen LogP contribution in [-0.4, -0.2) is 34.8 Å². The van der Waals surface area contributed by atoms with Gasteiger partial charge in [0.1, 0.15) is 10.7 Å². The van der Waals surface area contributed by atoms with Crippen molar-refractivity contribution >= 4 is 23.2 Å². The minimum absolute atomic E-state index is 0.00960. The Morgan fingerprint density at radius 1 is 1.17 bits per heavy atom. The van der Waals surface area contributed by atoms with Crippen molar-refractivity contribution in [1.29, 1.82) is 0 Å². The summed E-state index contributed by atoms with van der Waals surface area (Å²) in [4.78, 5) is 30.7. The summed E-state index contributed by atoms with van der Waals surface area (Å²) >= 11 is 1.41. The fraction of sp³-hybridized carbons (Fsp3) is 0.389. The van der Waals surface area contributed by atoms with Gasteiger partial charge in [-0.2, -0.15) is 0 Å². The highest BCUT2D eigenvalue weighted by Crippen LogP contribution is 2.15. The maximum absolute atomic E-state index is 12.6. The average Bonchev–Trinajstić information content (AvgIpc) is 3.08. The molecule has 6 heteroatoms. The molecular weight excluding hydrogens is 322 g/mol. The van der Waals surface area contributed by atoms with Crippen LogP contribution >= 0.6 is 11.3 Å². The minimum atomic E-state index is -0.157. The molecule has 0 saturated heterocycles. The van der Waals surface area contributed by atoms with Crippen molar-refractivity contribution in [3.63, 3.8) is 0 Å². The number of carbonyl (C=O) groups is 2. The second-order valence-corrected chi connectivity index (χ2v) is 6.42. The molecule has 2 amide bonds. The summed E-state index contributed by atoms with van der Waals surface area (Å²) in [5.41, 5.74) is 1.09. The van der Waals surface area contributed by atoms with Gasteiger partial charge in [-0.25, -0.2) is 4.98 Å². The summed E-state index contributed by atoms with van der Waals surface area (Å²) in [6.07, 6.45) is 1.76. The molecule has 0 aliphatic rings. The molecule has 0 aliphatic carbocycles. The van der Waals surface area contributed by atoms with E-state index in [9.17, 15) is 9.59 Å². The van der Waals surface area contributed by atoms with Gasteiger partial charge >= 0.3 is 0 Å². The number of aromatic nitrogens is 1. The highest BCUT2D eigenvalue weighted by molar-refractivity contribution is 7.09. The fourth-order valence-corrected chi connectivity index (χ4v) is 3.05. The molecule has 0 fully saturated rings. The minimum Gasteiger partial charge on any atom is -0.351 e. The zero-order valence-corrected chi connectivity index (χ0v) is 14.9. The lowest BCUT2D eigenvalue weighted by Gasteiger charge is -2.21. The van der Waals surface area contributed by atoms with Crippen LogP contribution in [0.15, 0.2) is 35.7 Å². The first kappa shape index (κ1) is 18.1. The molecule has 0 radical (unpaired) electrons. The number of hydrogen-bond acceptors (Lipinski definition) is 4. The number of nitrogens with one attached hydrogen (secondary N) is 1. The van der Waals surface area contributed by atoms with Crippen LogP contribution in [-0.2, 0) is 6.54 Å². The quantitative estimate of drug-likeness (QED) is 0.798. The Balaban J connectivity index is 2.07. The Hall–Kier alpha value is -2.21. The van der Waals surface area contributed by atoms with Crippen molar-refractivity contribution in [2.75, 3.05) is 13.1 Å². The summed E-state index contributed by atoms with van der Waals surface area (Å²) in [6.45, 7) is 5.76. The summed E-state index contributed by atoms with van der Waals surface area (Å²) in [5.74, 6) is -0.166. The van der Waals surface area contributed by atoms with Crippen molar-refractivity contribution in [3.05, 3.63) is 52.0 Å². The third-order valence-corrected chi connectivity index (χ3v) is 4.28. The van der Waals surface area contributed by atoms with Gasteiger partial charge in [-0.1, -0.05) is 32.0 Å². The summed E-state index contributed by atoms with van der Waals surface area (Å²) in [5, 5.41) is 5.33. The number of benzene rings is 1. The van der Waals surface area contributed by atoms with Crippen LogP contribution in [0.25, 0.3) is 0 Å². The maximum atomic E-state index is 12.6. The topological polar surface area (TPSA) is 62.3 Å². The van der Waals surface area contributed by atoms with Crippen molar-refractivity contribution in [3.8, 4) is 0 Å². The van der Waals surface area contributed by atoms with E-state index >= 15 is 0 Å². The first-order chi connectivity index (χ1) is 11.7. The van der Waals surface area contributed by atoms with Crippen molar-refractivity contribution in [2.45, 2.75) is 33.2 Å². The van der Waals surface area contributed by atoms with Crippen LogP contribution < -0.4 is 5.32 Å². The molecular formula is C18H23N3O2S. The van der Waals surface area contributed by atoms with Crippen LogP contribution in [0.1, 0.15) is 52.5 Å². The van der Waals surface area contributed by atoms with Crippen LogP contribution in [0.2, 0.25) is 0 Å². The molecule has 1 aromatic heterocycles. The molecule has 1 aromatic carbocycles. The number of carbonyl (C=O) groups excluding carboxylic acids is 2. The van der Waals surface area contributed by atoms with E-state index in [4.69, 9.17) is 0 Å². The highest BCUT2D eigenvalue weighted by Gasteiger charge is 2.18. The average molecular weight is 345 g/mol. The molecule has 24 heavy (non-hydrogen) atoms. The van der Waals surface area contributed by atoms with Gasteiger partial charge in [-0.15, -0.1) is 11.3 Å². The molecule has 0 bridgehead atoms. The number of nitrogens with zero attached hydrogens (tertiary/aromatic N) is 2. The van der Waals surface area contributed by atoms with Crippen LogP contribution in [0.5, 0.6) is 0 Å². The van der Waals surface area contributed by atoms with Gasteiger partial charge in [-0.05, 0) is 25.0 Å². The lowest BCUT2D eigenvalue weighted by Crippen LogP contribution is -2.31. The van der Waals surface area contributed by atoms with Crippen LogP contribution in [0.4, 0.5) is 0 Å². The largest absolute Gasteiger partial charge is 0.351 e. The van der Waals surface area contributed by atoms with Gasteiger partial charge in [0.05, 0.1) is 6.54 Å². The van der Waals surface area contributed by atoms with E-state index in [-0.39, 0.29) is 11.8 Å². The van der Waals surface area contributed by atoms with E-state index in [1.165, 1.54) is 11.3 Å². The Morgan fingerprint density at radius 3 is 2.58 bits per heavy atom. The van der Waals surface area contributed by atoms with Crippen molar-refractivity contribution in [2.24, 2.45) is 0 Å². The van der Waals surface area contributed by atoms with Gasteiger partial charge in [0, 0.05) is 24.0 Å². The Kier molecular flexibility index (Phi) is 6.93. The standard InChI is InChI=1S/C18H23N3O2S/c1-3-10-19-17(22)15-13-24-16(20-15)12-21(11-4-2)18(23)14-8-6-5-7-9-14/h5-9,13H,3-4,10-12H2,1-2H3,(H,19,22). The summed E-state index contributed by atoms with van der Waals surface area (Å²) in [6, 6.07) is 9.24. The zero-order chi connectivity index (χ0) is 17.4. The lowest BCUT2D eigenvalue weighted by molar-refractivity contribution is 0.0743. The molecule has 128 valence electrons. The number of hydrogen-bond donors (Lipinski definition) is 1. The first-order valence-electron chi connectivity index (χ1n) is 8.22. The Morgan fingerprint density at radius 2 is 1.92 bits per heavy atom. The van der Waals surface area contributed by atoms with Crippen molar-refractivity contribution < 1.29 is 9.59 Å². The molecule has 0 aliphatic heterocycles. The van der Waals surface area contributed by atoms with Gasteiger partial charge in [0.15, 0.2) is 0 Å². The molecule has 1 heterocycles. The van der Waals surface area contributed by atoms with Gasteiger partial charge in [-0.3, -0.25) is 9.59 Å². The normalized spacial score (nSPS) is 10.4. The predicted molar refractivity (Wildman–Crippen MR) is 96.2 cm³/mol. The molecule has 0 atom stereocenters. The molecule has 0 spiro atoms. The number of rotatable bonds is 8. The number of amides is 2. The van der Waals surface area contributed by atoms with E-state index in [0.717, 1.165) is 17.8 Å². The SMILES string of the molecule is CCCNC(=O)c1csc(CN(CCC)C(=O)c2ccccc2)n1. The third-order valence-electron chi connectivity index (χ3n) is 3.45. The molecule has 2 aromatic rings. The zero-order valence-electron chi connectivity index (χ0n) is 14.1. The second-order valence-electron chi connectivity index (χ2n) is 5.48. The smallest absolute Gasteiger partial charge is 0.270 e. The maximum Gasteiger partial charge on any atom is 0.270 e. The van der Waals surface area contributed by atoms with Gasteiger partial charge in [0.2, 0.25) is 0 Å². The van der Waals surface area contributed by atoms with E-state index < -0.39 is 0 Å². The summed E-state index contributed by atoms with van der Waals surface area (Å²) < 4.78 is 0. The van der Waals surface area contributed by atoms with E-state index in [1.807, 2.05) is 44.2 Å². The molecule has 0 unspecified atom stereocenters. The van der Waals surface area contributed by atoms with E-state index in [2.05, 4.69) is 10.3 Å². The highest BCUT2D eigenvalue weighted by atomic mass is 32.1. The van der Waals surface area contributed by atoms with E-state index in [1.54, 1.807) is 10.3 Å². The molecule has 1 N–H and O–H groups in total. The summed E-state index contributed by atoms with van der Waals surface area (Å²) in [7, 11) is 0. The lowest BCUT2D eigenvalue weighted by atomic mass is 10.2. The number of thiazole rings is 1. The monoisotopic (exact) mass is 345 g/mol. The molecule has 5 nitrogen and oxygen atoms in total. The van der Waals surface area contributed by atoms with Gasteiger partial charge < -0.3 is 10.2 Å². The van der Waals surface area contributed by atoms with Gasteiger partial charge in [0.25, 0.3) is 11.8 Å².